The van der Waals surface area contributed by atoms with Crippen LogP contribution in [0.2, 0.25) is 5.02 Å². The van der Waals surface area contributed by atoms with Crippen LogP contribution in [0.3, 0.4) is 0 Å². The molecule has 0 radical (unpaired) electrons. The highest BCUT2D eigenvalue weighted by atomic mass is 35.5. The van der Waals surface area contributed by atoms with E-state index in [0.29, 0.717) is 11.6 Å². The van der Waals surface area contributed by atoms with Crippen molar-refractivity contribution in [2.45, 2.75) is 6.54 Å². The number of ketones is 1. The van der Waals surface area contributed by atoms with E-state index in [4.69, 9.17) is 11.6 Å². The molecule has 25 heavy (non-hydrogen) atoms. The second-order valence-electron chi connectivity index (χ2n) is 5.97. The molecule has 0 unspecified atom stereocenters. The monoisotopic (exact) mass is 400 g/mol. The minimum atomic E-state index is 0. The molecule has 1 heterocycles. The topological polar surface area (TPSA) is 23.6 Å². The van der Waals surface area contributed by atoms with Crippen LogP contribution < -0.4 is 0 Å². The average molecular weight is 402 g/mol. The van der Waals surface area contributed by atoms with Crippen molar-refractivity contribution in [3.05, 3.63) is 70.7 Å². The van der Waals surface area contributed by atoms with Crippen LogP contribution in [0, 0.1) is 0 Å². The first-order valence-corrected chi connectivity index (χ1v) is 8.36. The van der Waals surface area contributed by atoms with Crippen molar-refractivity contribution in [2.24, 2.45) is 0 Å². The van der Waals surface area contributed by atoms with Crippen molar-refractivity contribution in [3.8, 4) is 0 Å². The Morgan fingerprint density at radius 2 is 1.40 bits per heavy atom. The molecule has 0 amide bonds. The lowest BCUT2D eigenvalue weighted by molar-refractivity contribution is 0.0844. The van der Waals surface area contributed by atoms with Gasteiger partial charge in [0.2, 0.25) is 0 Å². The van der Waals surface area contributed by atoms with Crippen LogP contribution >= 0.6 is 36.4 Å². The van der Waals surface area contributed by atoms with Crippen molar-refractivity contribution in [1.29, 1.82) is 0 Å². The molecule has 6 heteroatoms. The van der Waals surface area contributed by atoms with E-state index < -0.39 is 0 Å². The Kier molecular flexibility index (Phi) is 9.47. The maximum Gasteiger partial charge on any atom is 0.176 e. The third-order valence-corrected chi connectivity index (χ3v) is 4.50. The highest BCUT2D eigenvalue weighted by molar-refractivity contribution is 6.30. The van der Waals surface area contributed by atoms with Crippen LogP contribution in [0.5, 0.6) is 0 Å². The first kappa shape index (κ1) is 21.9. The molecule has 3 rings (SSSR count). The van der Waals surface area contributed by atoms with Crippen molar-refractivity contribution in [2.75, 3.05) is 32.7 Å². The minimum Gasteiger partial charge on any atom is -0.297 e. The molecule has 0 saturated carbocycles. The molecule has 136 valence electrons. The van der Waals surface area contributed by atoms with Gasteiger partial charge in [0.05, 0.1) is 6.54 Å². The third-order valence-electron chi connectivity index (χ3n) is 4.25. The number of nitrogens with zero attached hydrogens (tertiary/aromatic N) is 2. The van der Waals surface area contributed by atoms with Crippen LogP contribution in [0.15, 0.2) is 54.6 Å². The molecule has 1 aliphatic rings. The molecule has 0 aliphatic carbocycles. The number of rotatable bonds is 5. The van der Waals surface area contributed by atoms with Crippen molar-refractivity contribution in [1.82, 2.24) is 9.80 Å². The summed E-state index contributed by atoms with van der Waals surface area (Å²) in [7, 11) is 0. The molecule has 2 aromatic carbocycles. The zero-order valence-electron chi connectivity index (χ0n) is 13.9. The van der Waals surface area contributed by atoms with Gasteiger partial charge in [-0.1, -0.05) is 41.9 Å². The zero-order valence-corrected chi connectivity index (χ0v) is 16.3. The van der Waals surface area contributed by atoms with E-state index in [1.807, 2.05) is 6.07 Å². The van der Waals surface area contributed by atoms with Crippen LogP contribution in [0.25, 0.3) is 0 Å². The highest BCUT2D eigenvalue weighted by Gasteiger charge is 2.19. The van der Waals surface area contributed by atoms with E-state index >= 15 is 0 Å². The predicted molar refractivity (Wildman–Crippen MR) is 108 cm³/mol. The van der Waals surface area contributed by atoms with Gasteiger partial charge in [0.15, 0.2) is 5.78 Å². The summed E-state index contributed by atoms with van der Waals surface area (Å²) in [6, 6.07) is 17.7. The van der Waals surface area contributed by atoms with Crippen molar-refractivity contribution >= 4 is 42.2 Å². The van der Waals surface area contributed by atoms with Crippen LogP contribution in [-0.4, -0.2) is 48.3 Å². The van der Waals surface area contributed by atoms with Crippen molar-refractivity contribution in [3.63, 3.8) is 0 Å². The SMILES string of the molecule is Cl.Cl.O=C(CN1CCN(Cc2ccccc2)CC1)c1ccc(Cl)cc1. The molecule has 0 atom stereocenters. The average Bonchev–Trinajstić information content (AvgIpc) is 2.58. The number of hydrogen-bond acceptors (Lipinski definition) is 3. The molecule has 3 nitrogen and oxygen atoms in total. The lowest BCUT2D eigenvalue weighted by Crippen LogP contribution is -2.47. The lowest BCUT2D eigenvalue weighted by atomic mass is 10.1. The predicted octanol–water partition coefficient (Wildman–Crippen LogP) is 4.18. The maximum absolute atomic E-state index is 12.3. The Morgan fingerprint density at radius 1 is 0.840 bits per heavy atom. The van der Waals surface area contributed by atoms with Gasteiger partial charge in [0.1, 0.15) is 0 Å². The molecule has 1 aliphatic heterocycles. The first-order valence-electron chi connectivity index (χ1n) is 7.98. The van der Waals surface area contributed by atoms with Crippen molar-refractivity contribution < 1.29 is 4.79 Å². The van der Waals surface area contributed by atoms with Gasteiger partial charge in [-0.15, -0.1) is 24.8 Å². The molecule has 0 spiro atoms. The summed E-state index contributed by atoms with van der Waals surface area (Å²) in [6.45, 7) is 5.35. The second kappa shape index (κ2) is 10.8. The van der Waals surface area contributed by atoms with E-state index in [2.05, 4.69) is 34.1 Å². The highest BCUT2D eigenvalue weighted by Crippen LogP contribution is 2.12. The summed E-state index contributed by atoms with van der Waals surface area (Å²) in [5, 5.41) is 0.663. The number of piperazine rings is 1. The minimum absolute atomic E-state index is 0. The molecule has 0 aromatic heterocycles. The van der Waals surface area contributed by atoms with E-state index in [-0.39, 0.29) is 30.6 Å². The molecule has 2 aromatic rings. The van der Waals surface area contributed by atoms with E-state index in [1.54, 1.807) is 24.3 Å². The number of benzene rings is 2. The van der Waals surface area contributed by atoms with E-state index in [1.165, 1.54) is 5.56 Å². The summed E-state index contributed by atoms with van der Waals surface area (Å²) < 4.78 is 0. The lowest BCUT2D eigenvalue weighted by Gasteiger charge is -2.34. The van der Waals surface area contributed by atoms with E-state index in [0.717, 1.165) is 38.3 Å². The Morgan fingerprint density at radius 3 is 2.00 bits per heavy atom. The van der Waals surface area contributed by atoms with Gasteiger partial charge in [-0.2, -0.15) is 0 Å². The Hall–Kier alpha value is -1.10. The Labute approximate surface area is 166 Å². The Balaban J connectivity index is 0.00000156. The smallest absolute Gasteiger partial charge is 0.176 e. The zero-order chi connectivity index (χ0) is 16.1. The Bertz CT molecular complexity index is 641. The number of Topliss-reactive ketones (excluding diaryl/α,β-unsaturated/α-hetero) is 1. The van der Waals surface area contributed by atoms with Gasteiger partial charge in [-0.3, -0.25) is 14.6 Å². The summed E-state index contributed by atoms with van der Waals surface area (Å²) in [6.07, 6.45) is 0. The van der Waals surface area contributed by atoms with E-state index in [9.17, 15) is 4.79 Å². The van der Waals surface area contributed by atoms with Crippen LogP contribution in [-0.2, 0) is 6.54 Å². The fourth-order valence-corrected chi connectivity index (χ4v) is 3.00. The molecular formula is C19H23Cl3N2O. The molecular weight excluding hydrogens is 379 g/mol. The standard InChI is InChI=1S/C19H21ClN2O.2ClH/c20-18-8-6-17(7-9-18)19(23)15-22-12-10-21(11-13-22)14-16-4-2-1-3-5-16;;/h1-9H,10-15H2;2*1H. The summed E-state index contributed by atoms with van der Waals surface area (Å²) in [5.41, 5.74) is 2.08. The summed E-state index contributed by atoms with van der Waals surface area (Å²) >= 11 is 5.86. The van der Waals surface area contributed by atoms with Gasteiger partial charge in [0.25, 0.3) is 0 Å². The fraction of sp³-hybridized carbons (Fsp3) is 0.316. The van der Waals surface area contributed by atoms with Gasteiger partial charge < -0.3 is 0 Å². The fourth-order valence-electron chi connectivity index (χ4n) is 2.88. The van der Waals surface area contributed by atoms with Gasteiger partial charge in [-0.25, -0.2) is 0 Å². The molecule has 0 N–H and O–H groups in total. The number of carbonyl (C=O) groups is 1. The van der Waals surface area contributed by atoms with Gasteiger partial charge >= 0.3 is 0 Å². The number of hydrogen-bond donors (Lipinski definition) is 0. The second-order valence-corrected chi connectivity index (χ2v) is 6.40. The summed E-state index contributed by atoms with van der Waals surface area (Å²) in [4.78, 5) is 17.0. The first-order chi connectivity index (χ1) is 11.2. The number of halogens is 3. The van der Waals surface area contributed by atoms with Gasteiger partial charge in [-0.05, 0) is 29.8 Å². The largest absolute Gasteiger partial charge is 0.297 e. The third kappa shape index (κ3) is 6.61. The van der Waals surface area contributed by atoms with Gasteiger partial charge in [0, 0.05) is 43.3 Å². The quantitative estimate of drug-likeness (QED) is 0.702. The normalized spacial score (nSPS) is 15.1. The maximum atomic E-state index is 12.3. The number of carbonyl (C=O) groups excluding carboxylic acids is 1. The molecule has 1 saturated heterocycles. The van der Waals surface area contributed by atoms with Crippen LogP contribution in [0.1, 0.15) is 15.9 Å². The summed E-state index contributed by atoms with van der Waals surface area (Å²) in [5.74, 6) is 0.165. The molecule has 1 fully saturated rings. The van der Waals surface area contributed by atoms with Crippen LogP contribution in [0.4, 0.5) is 0 Å². The molecule has 0 bridgehead atoms.